The van der Waals surface area contributed by atoms with E-state index in [2.05, 4.69) is 9.83 Å². The topological polar surface area (TPSA) is 48.5 Å². The molecule has 28 heavy (non-hydrogen) atoms. The highest BCUT2D eigenvalue weighted by molar-refractivity contribution is 5.97. The minimum atomic E-state index is -0.598. The number of benzene rings is 1. The van der Waals surface area contributed by atoms with E-state index in [1.54, 1.807) is 24.5 Å². The minimum absolute atomic E-state index is 0.367. The second-order valence-corrected chi connectivity index (χ2v) is 7.69. The monoisotopic (exact) mass is 373 g/mol. The lowest BCUT2D eigenvalue weighted by atomic mass is 10.0. The van der Waals surface area contributed by atoms with Gasteiger partial charge in [0.25, 0.3) is 0 Å². The molecular formula is C23H23N3O2. The molecule has 0 aliphatic rings. The zero-order valence-electron chi connectivity index (χ0n) is 16.6. The maximum absolute atomic E-state index is 13.1. The second kappa shape index (κ2) is 7.69. The molecule has 0 bridgehead atoms. The highest BCUT2D eigenvalue weighted by Gasteiger charge is 2.26. The number of aromatic nitrogens is 2. The Hall–Kier alpha value is -3.39. The molecule has 3 rings (SSSR count). The van der Waals surface area contributed by atoms with Crippen molar-refractivity contribution in [2.45, 2.75) is 39.8 Å². The van der Waals surface area contributed by atoms with E-state index < -0.39 is 5.60 Å². The van der Waals surface area contributed by atoms with Gasteiger partial charge in [-0.25, -0.2) is 9.64 Å². The number of pyridine rings is 1. The molecule has 0 unspecified atom stereocenters. The van der Waals surface area contributed by atoms with Crippen LogP contribution in [-0.4, -0.2) is 21.1 Å². The van der Waals surface area contributed by atoms with Gasteiger partial charge in [0, 0.05) is 30.7 Å². The molecule has 0 amide bonds. The molecule has 0 saturated heterocycles. The van der Waals surface area contributed by atoms with Crippen LogP contribution in [0.3, 0.4) is 0 Å². The Morgan fingerprint density at radius 1 is 1.21 bits per heavy atom. The zero-order valence-corrected chi connectivity index (χ0v) is 16.6. The summed E-state index contributed by atoms with van der Waals surface area (Å²) >= 11 is 0. The highest BCUT2D eigenvalue weighted by atomic mass is 16.6. The van der Waals surface area contributed by atoms with Gasteiger partial charge in [-0.1, -0.05) is 30.3 Å². The summed E-state index contributed by atoms with van der Waals surface area (Å²) in [6, 6.07) is 11.1. The molecule has 2 aromatic heterocycles. The molecule has 0 radical (unpaired) electrons. The van der Waals surface area contributed by atoms with Crippen LogP contribution in [0.1, 0.15) is 42.4 Å². The van der Waals surface area contributed by atoms with E-state index in [-0.39, 0.29) is 5.97 Å². The number of ether oxygens (including phenoxy) is 1. The van der Waals surface area contributed by atoms with Crippen molar-refractivity contribution in [3.8, 4) is 11.1 Å². The molecule has 0 saturated carbocycles. The van der Waals surface area contributed by atoms with Crippen molar-refractivity contribution in [1.82, 2.24) is 9.55 Å². The molecule has 0 spiro atoms. The van der Waals surface area contributed by atoms with Crippen molar-refractivity contribution in [2.75, 3.05) is 0 Å². The fraction of sp³-hybridized carbons (Fsp3) is 0.261. The maximum atomic E-state index is 13.1. The van der Waals surface area contributed by atoms with E-state index in [1.165, 1.54) is 0 Å². The minimum Gasteiger partial charge on any atom is -0.455 e. The van der Waals surface area contributed by atoms with Gasteiger partial charge in [0.05, 0.1) is 6.57 Å². The van der Waals surface area contributed by atoms with Gasteiger partial charge in [-0.3, -0.25) is 4.98 Å². The van der Waals surface area contributed by atoms with Crippen LogP contribution in [0, 0.1) is 13.5 Å². The molecule has 5 nitrogen and oxygen atoms in total. The summed E-state index contributed by atoms with van der Waals surface area (Å²) < 4.78 is 7.61. The van der Waals surface area contributed by atoms with Crippen molar-refractivity contribution >= 4 is 11.7 Å². The summed E-state index contributed by atoms with van der Waals surface area (Å²) in [4.78, 5) is 20.7. The lowest BCUT2D eigenvalue weighted by Gasteiger charge is -2.21. The van der Waals surface area contributed by atoms with Crippen LogP contribution >= 0.6 is 0 Å². The van der Waals surface area contributed by atoms with Crippen molar-refractivity contribution < 1.29 is 9.53 Å². The van der Waals surface area contributed by atoms with Crippen LogP contribution in [0.2, 0.25) is 0 Å². The lowest BCUT2D eigenvalue weighted by Crippen LogP contribution is -2.26. The third-order valence-corrected chi connectivity index (χ3v) is 4.22. The van der Waals surface area contributed by atoms with Gasteiger partial charge in [-0.15, -0.1) is 0 Å². The van der Waals surface area contributed by atoms with Crippen LogP contribution in [0.25, 0.3) is 16.0 Å². The Morgan fingerprint density at radius 3 is 2.50 bits per heavy atom. The number of hydrogen-bond donors (Lipinski definition) is 0. The maximum Gasteiger partial charge on any atom is 0.356 e. The Kier molecular flexibility index (Phi) is 5.32. The third-order valence-electron chi connectivity index (χ3n) is 4.22. The largest absolute Gasteiger partial charge is 0.455 e. The fourth-order valence-electron chi connectivity index (χ4n) is 3.12. The van der Waals surface area contributed by atoms with Gasteiger partial charge < -0.3 is 9.30 Å². The highest BCUT2D eigenvalue weighted by Crippen LogP contribution is 2.32. The molecule has 0 aliphatic carbocycles. The first-order valence-corrected chi connectivity index (χ1v) is 9.08. The van der Waals surface area contributed by atoms with Gasteiger partial charge in [-0.05, 0) is 50.5 Å². The number of nitrogens with zero attached hydrogens (tertiary/aromatic N) is 3. The van der Waals surface area contributed by atoms with E-state index in [0.717, 1.165) is 22.3 Å². The fourth-order valence-corrected chi connectivity index (χ4v) is 3.12. The summed E-state index contributed by atoms with van der Waals surface area (Å²) in [5.74, 6) is -0.367. The van der Waals surface area contributed by atoms with Gasteiger partial charge in [-0.2, -0.15) is 0 Å². The first-order chi connectivity index (χ1) is 13.3. The van der Waals surface area contributed by atoms with Gasteiger partial charge in [0.2, 0.25) is 0 Å². The van der Waals surface area contributed by atoms with Crippen LogP contribution in [0.4, 0.5) is 5.69 Å². The quantitative estimate of drug-likeness (QED) is 0.454. The number of aryl methyl sites for hydroxylation is 1. The van der Waals surface area contributed by atoms with Crippen molar-refractivity contribution in [3.63, 3.8) is 0 Å². The summed E-state index contributed by atoms with van der Waals surface area (Å²) in [5, 5.41) is 0. The number of carbonyl (C=O) groups excluding carboxylic acids is 1. The van der Waals surface area contributed by atoms with E-state index in [9.17, 15) is 4.79 Å². The molecule has 5 heteroatoms. The molecule has 0 fully saturated rings. The van der Waals surface area contributed by atoms with Crippen LogP contribution in [-0.2, 0) is 11.3 Å². The normalized spacial score (nSPS) is 11.1. The standard InChI is InChI=1S/C23H23N3O2/c1-16-14-26(15-17-7-6-12-25-13-17)21(22(27)28-23(2,3)4)20(16)18-8-10-19(24-5)11-9-18/h6-14H,15H2,1-4H3. The SMILES string of the molecule is [C-]#[N+]c1ccc(-c2c(C)cn(Cc3cccnc3)c2C(=O)OC(C)(C)C)cc1. The first kappa shape index (κ1) is 19.4. The molecular weight excluding hydrogens is 350 g/mol. The molecule has 3 aromatic rings. The van der Waals surface area contributed by atoms with Crippen molar-refractivity contribution in [1.29, 1.82) is 0 Å². The Balaban J connectivity index is 2.12. The Bertz CT molecular complexity index is 1020. The molecule has 0 N–H and O–H groups in total. The predicted octanol–water partition coefficient (Wildman–Crippen LogP) is 5.41. The molecule has 2 heterocycles. The number of hydrogen-bond acceptors (Lipinski definition) is 3. The number of carbonyl (C=O) groups is 1. The predicted molar refractivity (Wildman–Crippen MR) is 109 cm³/mol. The molecule has 0 atom stereocenters. The average Bonchev–Trinajstić information content (AvgIpc) is 2.97. The van der Waals surface area contributed by atoms with Crippen LogP contribution < -0.4 is 0 Å². The van der Waals surface area contributed by atoms with Crippen molar-refractivity contribution in [3.05, 3.63) is 83.2 Å². The molecule has 142 valence electrons. The average molecular weight is 373 g/mol. The first-order valence-electron chi connectivity index (χ1n) is 9.08. The van der Waals surface area contributed by atoms with E-state index in [0.29, 0.717) is 17.9 Å². The van der Waals surface area contributed by atoms with Crippen molar-refractivity contribution in [2.24, 2.45) is 0 Å². The summed E-state index contributed by atoms with van der Waals surface area (Å²) in [5.41, 5.74) is 4.16. The van der Waals surface area contributed by atoms with Crippen LogP contribution in [0.15, 0.2) is 55.0 Å². The summed E-state index contributed by atoms with van der Waals surface area (Å²) in [6.45, 7) is 15.2. The van der Waals surface area contributed by atoms with E-state index in [1.807, 2.05) is 62.7 Å². The third kappa shape index (κ3) is 4.29. The zero-order chi connectivity index (χ0) is 20.3. The Labute approximate surface area is 165 Å². The van der Waals surface area contributed by atoms with Gasteiger partial charge >= 0.3 is 5.97 Å². The van der Waals surface area contributed by atoms with Gasteiger partial charge in [0.15, 0.2) is 5.69 Å². The second-order valence-electron chi connectivity index (χ2n) is 7.69. The molecule has 1 aromatic carbocycles. The number of rotatable bonds is 4. The van der Waals surface area contributed by atoms with Crippen LogP contribution in [0.5, 0.6) is 0 Å². The summed E-state index contributed by atoms with van der Waals surface area (Å²) in [6.07, 6.45) is 5.48. The summed E-state index contributed by atoms with van der Waals surface area (Å²) in [7, 11) is 0. The Morgan fingerprint density at radius 2 is 1.93 bits per heavy atom. The molecule has 0 aliphatic heterocycles. The van der Waals surface area contributed by atoms with E-state index >= 15 is 0 Å². The number of esters is 1. The van der Waals surface area contributed by atoms with Gasteiger partial charge in [0.1, 0.15) is 11.3 Å². The lowest BCUT2D eigenvalue weighted by molar-refractivity contribution is 0.00592. The van der Waals surface area contributed by atoms with E-state index in [4.69, 9.17) is 11.3 Å². The smallest absolute Gasteiger partial charge is 0.356 e.